The lowest BCUT2D eigenvalue weighted by atomic mass is 10.2. The van der Waals surface area contributed by atoms with E-state index in [-0.39, 0.29) is 10.6 Å². The van der Waals surface area contributed by atoms with Crippen molar-refractivity contribution in [2.75, 3.05) is 0 Å². The van der Waals surface area contributed by atoms with Gasteiger partial charge in [0.05, 0.1) is 16.0 Å². The molecule has 0 N–H and O–H groups in total. The molecule has 1 rings (SSSR count). The summed E-state index contributed by atoms with van der Waals surface area (Å²) in [7, 11) is 0. The van der Waals surface area contributed by atoms with E-state index in [4.69, 9.17) is 11.6 Å². The molecule has 0 atom stereocenters. The number of nitrogens with zero attached hydrogens (tertiary/aromatic N) is 1. The lowest BCUT2D eigenvalue weighted by Crippen LogP contribution is -2.17. The minimum Gasteiger partial charge on any atom is -0.404 e. The molecule has 0 aliphatic heterocycles. The summed E-state index contributed by atoms with van der Waals surface area (Å²) >= 11 is 5.53. The molecule has 0 bridgehead atoms. The topological polar surface area (TPSA) is 52.4 Å². The van der Waals surface area contributed by atoms with Crippen molar-refractivity contribution in [2.24, 2.45) is 0 Å². The Balaban J connectivity index is 3.22. The summed E-state index contributed by atoms with van der Waals surface area (Å²) in [6, 6.07) is 1.69. The van der Waals surface area contributed by atoms with Crippen LogP contribution in [0, 0.1) is 17.0 Å². The van der Waals surface area contributed by atoms with Crippen LogP contribution in [0.3, 0.4) is 0 Å². The van der Waals surface area contributed by atoms with Gasteiger partial charge in [-0.1, -0.05) is 11.6 Å². The first-order valence-corrected chi connectivity index (χ1v) is 4.29. The second kappa shape index (κ2) is 4.17. The van der Waals surface area contributed by atoms with Gasteiger partial charge in [-0.05, 0) is 12.5 Å². The molecular weight excluding hydrogens is 251 g/mol. The highest BCUT2D eigenvalue weighted by atomic mass is 35.5. The van der Waals surface area contributed by atoms with Crippen LogP contribution in [0.2, 0.25) is 5.02 Å². The molecule has 8 heteroatoms. The first kappa shape index (κ1) is 12.6. The summed E-state index contributed by atoms with van der Waals surface area (Å²) in [6.45, 7) is 1.35. The van der Waals surface area contributed by atoms with Gasteiger partial charge in [0, 0.05) is 6.07 Å². The van der Waals surface area contributed by atoms with Crippen LogP contribution in [0.5, 0.6) is 5.75 Å². The number of alkyl halides is 3. The fourth-order valence-corrected chi connectivity index (χ4v) is 1.17. The van der Waals surface area contributed by atoms with Gasteiger partial charge in [0.2, 0.25) is 0 Å². The maximum atomic E-state index is 11.9. The molecule has 0 radical (unpaired) electrons. The molecule has 0 aromatic heterocycles. The number of hydrogen-bond donors (Lipinski definition) is 0. The largest absolute Gasteiger partial charge is 0.573 e. The summed E-state index contributed by atoms with van der Waals surface area (Å²) in [5.41, 5.74) is -0.378. The average molecular weight is 256 g/mol. The van der Waals surface area contributed by atoms with Gasteiger partial charge in [-0.2, -0.15) is 0 Å². The fourth-order valence-electron chi connectivity index (χ4n) is 1.02. The van der Waals surface area contributed by atoms with Gasteiger partial charge in [-0.3, -0.25) is 10.1 Å². The van der Waals surface area contributed by atoms with Crippen LogP contribution < -0.4 is 4.74 Å². The molecule has 0 aliphatic carbocycles. The zero-order valence-corrected chi connectivity index (χ0v) is 8.59. The molecule has 0 fully saturated rings. The highest BCUT2D eigenvalue weighted by Gasteiger charge is 2.33. The van der Waals surface area contributed by atoms with Gasteiger partial charge >= 0.3 is 6.36 Å². The molecule has 4 nitrogen and oxygen atoms in total. The number of non-ortho nitro benzene ring substituents is 1. The number of benzene rings is 1. The van der Waals surface area contributed by atoms with E-state index in [2.05, 4.69) is 4.74 Å². The van der Waals surface area contributed by atoms with Gasteiger partial charge in [-0.25, -0.2) is 0 Å². The Morgan fingerprint density at radius 1 is 1.44 bits per heavy atom. The van der Waals surface area contributed by atoms with Crippen molar-refractivity contribution < 1.29 is 22.8 Å². The molecule has 1 aromatic carbocycles. The molecular formula is C8H5ClF3NO3. The summed E-state index contributed by atoms with van der Waals surface area (Å²) in [5, 5.41) is 10.1. The van der Waals surface area contributed by atoms with E-state index in [9.17, 15) is 23.3 Å². The van der Waals surface area contributed by atoms with E-state index in [1.807, 2.05) is 0 Å². The summed E-state index contributed by atoms with van der Waals surface area (Å²) < 4.78 is 39.4. The van der Waals surface area contributed by atoms with E-state index in [1.54, 1.807) is 0 Å². The molecule has 0 aliphatic rings. The Bertz CT molecular complexity index is 433. The molecule has 0 spiro atoms. The van der Waals surface area contributed by atoms with E-state index < -0.39 is 22.7 Å². The van der Waals surface area contributed by atoms with Gasteiger partial charge in [0.25, 0.3) is 5.69 Å². The van der Waals surface area contributed by atoms with Crippen LogP contribution >= 0.6 is 11.6 Å². The third-order valence-electron chi connectivity index (χ3n) is 1.64. The molecule has 0 saturated heterocycles. The highest BCUT2D eigenvalue weighted by Crippen LogP contribution is 2.35. The number of ether oxygens (including phenoxy) is 1. The Morgan fingerprint density at radius 3 is 2.44 bits per heavy atom. The summed E-state index contributed by atoms with van der Waals surface area (Å²) in [4.78, 5) is 9.58. The maximum Gasteiger partial charge on any atom is 0.573 e. The van der Waals surface area contributed by atoms with Crippen molar-refractivity contribution in [2.45, 2.75) is 13.3 Å². The van der Waals surface area contributed by atoms with Crippen molar-refractivity contribution >= 4 is 17.3 Å². The molecule has 0 unspecified atom stereocenters. The molecule has 0 saturated carbocycles. The lowest BCUT2D eigenvalue weighted by molar-refractivity contribution is -0.385. The predicted octanol–water partition coefficient (Wildman–Crippen LogP) is 3.46. The second-order valence-electron chi connectivity index (χ2n) is 2.88. The van der Waals surface area contributed by atoms with Crippen LogP contribution in [-0.4, -0.2) is 11.3 Å². The number of nitro benzene ring substituents is 1. The van der Waals surface area contributed by atoms with Crippen molar-refractivity contribution in [3.63, 3.8) is 0 Å². The normalized spacial score (nSPS) is 11.3. The zero-order chi connectivity index (χ0) is 12.5. The average Bonchev–Trinajstić information content (AvgIpc) is 2.10. The maximum absolute atomic E-state index is 11.9. The smallest absolute Gasteiger partial charge is 0.404 e. The second-order valence-corrected chi connectivity index (χ2v) is 3.26. The number of aryl methyl sites for hydroxylation is 1. The molecule has 0 amide bonds. The van der Waals surface area contributed by atoms with Crippen LogP contribution in [-0.2, 0) is 0 Å². The third-order valence-corrected chi connectivity index (χ3v) is 2.13. The van der Waals surface area contributed by atoms with Crippen molar-refractivity contribution in [1.29, 1.82) is 0 Å². The van der Waals surface area contributed by atoms with Crippen molar-refractivity contribution in [3.8, 4) is 5.75 Å². The third kappa shape index (κ3) is 2.99. The number of nitro groups is 1. The van der Waals surface area contributed by atoms with Crippen LogP contribution in [0.15, 0.2) is 12.1 Å². The van der Waals surface area contributed by atoms with E-state index >= 15 is 0 Å². The number of rotatable bonds is 2. The van der Waals surface area contributed by atoms with Gasteiger partial charge in [0.1, 0.15) is 0 Å². The monoisotopic (exact) mass is 255 g/mol. The molecule has 88 valence electrons. The van der Waals surface area contributed by atoms with Crippen LogP contribution in [0.1, 0.15) is 5.56 Å². The predicted molar refractivity (Wildman–Crippen MR) is 49.5 cm³/mol. The first-order valence-electron chi connectivity index (χ1n) is 3.91. The van der Waals surface area contributed by atoms with Crippen LogP contribution in [0.4, 0.5) is 18.9 Å². The number of halogens is 4. The molecule has 0 heterocycles. The van der Waals surface area contributed by atoms with Gasteiger partial charge < -0.3 is 4.74 Å². The van der Waals surface area contributed by atoms with Gasteiger partial charge in [0.15, 0.2) is 5.75 Å². The Morgan fingerprint density at radius 2 is 2.00 bits per heavy atom. The van der Waals surface area contributed by atoms with Gasteiger partial charge in [-0.15, -0.1) is 13.2 Å². The van der Waals surface area contributed by atoms with E-state index in [0.717, 1.165) is 6.07 Å². The van der Waals surface area contributed by atoms with Crippen molar-refractivity contribution in [3.05, 3.63) is 32.8 Å². The first-order chi connectivity index (χ1) is 7.20. The lowest BCUT2D eigenvalue weighted by Gasteiger charge is -2.11. The zero-order valence-electron chi connectivity index (χ0n) is 7.84. The summed E-state index contributed by atoms with van der Waals surface area (Å²) in [6.07, 6.45) is -4.94. The van der Waals surface area contributed by atoms with E-state index in [0.29, 0.717) is 6.07 Å². The standard InChI is InChI=1S/C8H5ClF3NO3/c1-4-2-5(13(14)15)3-6(7(4)9)16-8(10,11)12/h2-3H,1H3. The molecule has 16 heavy (non-hydrogen) atoms. The molecule has 1 aromatic rings. The Labute approximate surface area is 92.7 Å². The Kier molecular flexibility index (Phi) is 3.27. The summed E-state index contributed by atoms with van der Waals surface area (Å²) in [5.74, 6) is -0.777. The SMILES string of the molecule is Cc1cc([N+](=O)[O-])cc(OC(F)(F)F)c1Cl. The van der Waals surface area contributed by atoms with Crippen LogP contribution in [0.25, 0.3) is 0 Å². The van der Waals surface area contributed by atoms with Crippen molar-refractivity contribution in [1.82, 2.24) is 0 Å². The van der Waals surface area contributed by atoms with E-state index in [1.165, 1.54) is 6.92 Å². The fraction of sp³-hybridized carbons (Fsp3) is 0.250. The minimum atomic E-state index is -4.94. The Hall–Kier alpha value is -1.50. The quantitative estimate of drug-likeness (QED) is 0.601. The highest BCUT2D eigenvalue weighted by molar-refractivity contribution is 6.32. The number of hydrogen-bond acceptors (Lipinski definition) is 3. The minimum absolute atomic E-state index is 0.134.